The topological polar surface area (TPSA) is 53.0 Å². The molecular formula is C16H21FN2O3. The van der Waals surface area contributed by atoms with Gasteiger partial charge in [-0.2, -0.15) is 0 Å². The van der Waals surface area contributed by atoms with E-state index in [-0.39, 0.29) is 24.3 Å². The number of ether oxygens (including phenoxy) is 1. The molecule has 2 saturated heterocycles. The predicted molar refractivity (Wildman–Crippen MR) is 79.0 cm³/mol. The Balaban J connectivity index is 1.75. The molecule has 0 saturated carbocycles. The number of nitrogens with zero attached hydrogens (tertiary/aromatic N) is 2. The first kappa shape index (κ1) is 15.4. The highest BCUT2D eigenvalue weighted by molar-refractivity contribution is 5.69. The van der Waals surface area contributed by atoms with E-state index in [0.717, 1.165) is 13.1 Å². The number of hydrogen-bond acceptors (Lipinski definition) is 4. The van der Waals surface area contributed by atoms with Crippen molar-refractivity contribution in [3.63, 3.8) is 0 Å². The number of aliphatic carboxylic acids is 1. The first-order valence-corrected chi connectivity index (χ1v) is 7.61. The lowest BCUT2D eigenvalue weighted by Crippen LogP contribution is -2.45. The van der Waals surface area contributed by atoms with Gasteiger partial charge in [-0.1, -0.05) is 18.2 Å². The largest absolute Gasteiger partial charge is 0.480 e. The fourth-order valence-electron chi connectivity index (χ4n) is 3.39. The average Bonchev–Trinajstić information content (AvgIpc) is 2.71. The lowest BCUT2D eigenvalue weighted by molar-refractivity contribution is -0.138. The Morgan fingerprint density at radius 1 is 1.27 bits per heavy atom. The van der Waals surface area contributed by atoms with Crippen molar-refractivity contribution in [3.05, 3.63) is 35.6 Å². The minimum absolute atomic E-state index is 0.0561. The molecule has 6 heteroatoms. The summed E-state index contributed by atoms with van der Waals surface area (Å²) in [5, 5.41) is 9.02. The number of fused-ring (bicyclic) bond motifs is 3. The molecule has 0 spiro atoms. The highest BCUT2D eigenvalue weighted by atomic mass is 19.1. The Bertz CT molecular complexity index is 540. The number of hydrogen-bond donors (Lipinski definition) is 1. The third kappa shape index (κ3) is 3.63. The van der Waals surface area contributed by atoms with Crippen LogP contribution < -0.4 is 0 Å². The molecule has 3 rings (SSSR count). The second kappa shape index (κ2) is 6.73. The molecule has 2 aliphatic heterocycles. The molecule has 2 atom stereocenters. The van der Waals surface area contributed by atoms with Crippen LogP contribution in [0.5, 0.6) is 0 Å². The van der Waals surface area contributed by atoms with Crippen LogP contribution in [0.15, 0.2) is 24.3 Å². The Labute approximate surface area is 129 Å². The van der Waals surface area contributed by atoms with Crippen molar-refractivity contribution in [1.82, 2.24) is 9.80 Å². The van der Waals surface area contributed by atoms with Gasteiger partial charge in [0.2, 0.25) is 0 Å². The number of rotatable bonds is 4. The van der Waals surface area contributed by atoms with Gasteiger partial charge in [-0.05, 0) is 6.07 Å². The molecule has 0 radical (unpaired) electrons. The van der Waals surface area contributed by atoms with Gasteiger partial charge in [-0.15, -0.1) is 0 Å². The summed E-state index contributed by atoms with van der Waals surface area (Å²) < 4.78 is 19.6. The van der Waals surface area contributed by atoms with Crippen molar-refractivity contribution >= 4 is 5.97 Å². The van der Waals surface area contributed by atoms with Gasteiger partial charge in [0.15, 0.2) is 0 Å². The SMILES string of the molecule is O=C(O)CN1C[C@@H]2COC[C@H](C1)N(Cc1ccccc1F)C2. The molecule has 2 heterocycles. The highest BCUT2D eigenvalue weighted by Gasteiger charge is 2.34. The van der Waals surface area contributed by atoms with Crippen LogP contribution in [0.2, 0.25) is 0 Å². The summed E-state index contributed by atoms with van der Waals surface area (Å²) in [5.74, 6) is -0.732. The molecule has 22 heavy (non-hydrogen) atoms. The smallest absolute Gasteiger partial charge is 0.317 e. The molecule has 1 N–H and O–H groups in total. The molecule has 2 aliphatic rings. The average molecular weight is 308 g/mol. The van der Waals surface area contributed by atoms with Crippen LogP contribution >= 0.6 is 0 Å². The van der Waals surface area contributed by atoms with E-state index in [2.05, 4.69) is 4.90 Å². The van der Waals surface area contributed by atoms with E-state index in [4.69, 9.17) is 9.84 Å². The monoisotopic (exact) mass is 308 g/mol. The summed E-state index contributed by atoms with van der Waals surface area (Å²) in [6.45, 7) is 3.99. The van der Waals surface area contributed by atoms with Gasteiger partial charge in [-0.25, -0.2) is 4.39 Å². The summed E-state index contributed by atoms with van der Waals surface area (Å²) >= 11 is 0. The third-order valence-electron chi connectivity index (χ3n) is 4.35. The van der Waals surface area contributed by atoms with Crippen molar-refractivity contribution in [1.29, 1.82) is 0 Å². The van der Waals surface area contributed by atoms with Crippen LogP contribution in [-0.4, -0.2) is 66.3 Å². The van der Waals surface area contributed by atoms with Gasteiger partial charge in [0.05, 0.1) is 19.8 Å². The van der Waals surface area contributed by atoms with Gasteiger partial charge in [0, 0.05) is 43.7 Å². The Morgan fingerprint density at radius 2 is 2.09 bits per heavy atom. The number of halogens is 1. The van der Waals surface area contributed by atoms with E-state index in [9.17, 15) is 9.18 Å². The molecule has 1 aromatic carbocycles. The quantitative estimate of drug-likeness (QED) is 0.901. The molecule has 5 nitrogen and oxygen atoms in total. The standard InChI is InChI=1S/C16H21FN2O3/c17-15-4-2-1-3-13(15)7-19-6-12-5-18(9-16(20)21)8-14(19)11-22-10-12/h1-4,12,14H,5-11H2,(H,20,21)/t12-,14-/m0/s1. The van der Waals surface area contributed by atoms with Crippen LogP contribution in [0.1, 0.15) is 5.56 Å². The highest BCUT2D eigenvalue weighted by Crippen LogP contribution is 2.22. The summed E-state index contributed by atoms with van der Waals surface area (Å²) in [6, 6.07) is 6.92. The van der Waals surface area contributed by atoms with E-state index >= 15 is 0 Å². The maximum Gasteiger partial charge on any atom is 0.317 e. The number of benzene rings is 1. The maximum atomic E-state index is 13.9. The first-order valence-electron chi connectivity index (χ1n) is 7.61. The maximum absolute atomic E-state index is 13.9. The zero-order valence-electron chi connectivity index (χ0n) is 12.4. The summed E-state index contributed by atoms with van der Waals surface area (Å²) in [6.07, 6.45) is 0. The number of carbonyl (C=O) groups is 1. The second-order valence-electron chi connectivity index (χ2n) is 6.17. The van der Waals surface area contributed by atoms with Crippen LogP contribution in [0.25, 0.3) is 0 Å². The minimum Gasteiger partial charge on any atom is -0.480 e. The van der Waals surface area contributed by atoms with E-state index in [1.165, 1.54) is 6.07 Å². The molecule has 0 amide bonds. The first-order chi connectivity index (χ1) is 10.6. The lowest BCUT2D eigenvalue weighted by Gasteiger charge is -2.30. The van der Waals surface area contributed by atoms with E-state index in [0.29, 0.717) is 31.9 Å². The lowest BCUT2D eigenvalue weighted by atomic mass is 10.1. The second-order valence-corrected chi connectivity index (χ2v) is 6.17. The fraction of sp³-hybridized carbons (Fsp3) is 0.562. The van der Waals surface area contributed by atoms with E-state index in [1.807, 2.05) is 11.0 Å². The number of carboxylic acids is 1. The summed E-state index contributed by atoms with van der Waals surface area (Å²) in [5.41, 5.74) is 0.680. The van der Waals surface area contributed by atoms with Gasteiger partial charge >= 0.3 is 5.97 Å². The Morgan fingerprint density at radius 3 is 2.86 bits per heavy atom. The molecule has 0 unspecified atom stereocenters. The molecule has 1 aromatic rings. The third-order valence-corrected chi connectivity index (χ3v) is 4.35. The van der Waals surface area contributed by atoms with Gasteiger partial charge in [0.1, 0.15) is 5.82 Å². The van der Waals surface area contributed by atoms with Crippen LogP contribution in [-0.2, 0) is 16.1 Å². The molecule has 0 aliphatic carbocycles. The minimum atomic E-state index is -0.804. The summed E-state index contributed by atoms with van der Waals surface area (Å²) in [7, 11) is 0. The molecule has 2 fully saturated rings. The van der Waals surface area contributed by atoms with Crippen LogP contribution in [0.4, 0.5) is 4.39 Å². The van der Waals surface area contributed by atoms with Crippen molar-refractivity contribution in [2.75, 3.05) is 39.4 Å². The molecule has 120 valence electrons. The molecular weight excluding hydrogens is 287 g/mol. The van der Waals surface area contributed by atoms with Crippen molar-refractivity contribution in [2.24, 2.45) is 5.92 Å². The predicted octanol–water partition coefficient (Wildman–Crippen LogP) is 1.04. The fourth-order valence-corrected chi connectivity index (χ4v) is 3.39. The van der Waals surface area contributed by atoms with Gasteiger partial charge in [0.25, 0.3) is 0 Å². The van der Waals surface area contributed by atoms with E-state index < -0.39 is 5.97 Å². The van der Waals surface area contributed by atoms with Crippen molar-refractivity contribution < 1.29 is 19.0 Å². The Kier molecular flexibility index (Phi) is 4.71. The zero-order chi connectivity index (χ0) is 15.5. The summed E-state index contributed by atoms with van der Waals surface area (Å²) in [4.78, 5) is 15.2. The van der Waals surface area contributed by atoms with Gasteiger partial charge < -0.3 is 9.84 Å². The van der Waals surface area contributed by atoms with Crippen molar-refractivity contribution in [2.45, 2.75) is 12.6 Å². The molecule has 0 aromatic heterocycles. The normalized spacial score (nSPS) is 26.6. The van der Waals surface area contributed by atoms with E-state index in [1.54, 1.807) is 12.1 Å². The van der Waals surface area contributed by atoms with Gasteiger partial charge in [-0.3, -0.25) is 14.6 Å². The van der Waals surface area contributed by atoms with Crippen molar-refractivity contribution in [3.8, 4) is 0 Å². The zero-order valence-corrected chi connectivity index (χ0v) is 12.4. The Hall–Kier alpha value is -1.50. The van der Waals surface area contributed by atoms with Crippen LogP contribution in [0, 0.1) is 11.7 Å². The molecule has 2 bridgehead atoms. The van der Waals surface area contributed by atoms with Crippen LogP contribution in [0.3, 0.4) is 0 Å². The number of carboxylic acid groups (broad SMARTS) is 1.